The summed E-state index contributed by atoms with van der Waals surface area (Å²) in [6.07, 6.45) is 0.621. The third kappa shape index (κ3) is 1.74. The monoisotopic (exact) mass is 224 g/mol. The number of alkyl halides is 2. The average molecular weight is 224 g/mol. The van der Waals surface area contributed by atoms with Crippen molar-refractivity contribution in [3.8, 4) is 0 Å². The van der Waals surface area contributed by atoms with Crippen LogP contribution in [0, 0.1) is 5.41 Å². The molecular weight excluding hydrogens is 210 g/mol. The molecule has 0 aliphatic carbocycles. The van der Waals surface area contributed by atoms with Crippen LogP contribution in [0.15, 0.2) is 0 Å². The predicted molar refractivity (Wildman–Crippen MR) is 51.9 cm³/mol. The van der Waals surface area contributed by atoms with Crippen LogP contribution in [-0.2, 0) is 4.79 Å². The van der Waals surface area contributed by atoms with Gasteiger partial charge in [0.05, 0.1) is 5.75 Å². The summed E-state index contributed by atoms with van der Waals surface area (Å²) in [7, 11) is 0. The summed E-state index contributed by atoms with van der Waals surface area (Å²) in [4.78, 5) is 11.0. The van der Waals surface area contributed by atoms with E-state index in [0.717, 1.165) is 11.8 Å². The lowest BCUT2D eigenvalue weighted by Crippen LogP contribution is -2.52. The fourth-order valence-electron chi connectivity index (χ4n) is 1.87. The molecule has 1 heterocycles. The highest BCUT2D eigenvalue weighted by Gasteiger charge is 2.59. The second-order valence-corrected chi connectivity index (χ2v) is 4.75. The number of carbonyl (C=O) groups is 1. The van der Waals surface area contributed by atoms with Crippen LogP contribution in [0.25, 0.3) is 0 Å². The Morgan fingerprint density at radius 3 is 2.64 bits per heavy atom. The lowest BCUT2D eigenvalue weighted by atomic mass is 9.75. The highest BCUT2D eigenvalue weighted by molar-refractivity contribution is 7.99. The van der Waals surface area contributed by atoms with Gasteiger partial charge in [0, 0.05) is 0 Å². The molecule has 5 heteroatoms. The molecule has 14 heavy (non-hydrogen) atoms. The number of carboxylic acids is 1. The van der Waals surface area contributed by atoms with Gasteiger partial charge in [-0.1, -0.05) is 13.3 Å². The topological polar surface area (TPSA) is 37.3 Å². The van der Waals surface area contributed by atoms with Gasteiger partial charge in [-0.25, -0.2) is 8.78 Å². The van der Waals surface area contributed by atoms with E-state index in [9.17, 15) is 13.6 Å². The zero-order valence-electron chi connectivity index (χ0n) is 8.06. The highest BCUT2D eigenvalue weighted by Crippen LogP contribution is 2.49. The normalized spacial score (nSPS) is 31.4. The minimum atomic E-state index is -3.07. The molecule has 0 amide bonds. The molecule has 1 saturated heterocycles. The summed E-state index contributed by atoms with van der Waals surface area (Å²) in [6, 6.07) is 0. The zero-order valence-corrected chi connectivity index (χ0v) is 8.87. The minimum absolute atomic E-state index is 0.0654. The number of rotatable bonds is 3. The molecule has 2 nitrogen and oxygen atoms in total. The molecule has 1 unspecified atom stereocenters. The second kappa shape index (κ2) is 4.04. The van der Waals surface area contributed by atoms with Crippen LogP contribution in [0.3, 0.4) is 0 Å². The van der Waals surface area contributed by atoms with Crippen LogP contribution >= 0.6 is 11.8 Å². The fraction of sp³-hybridized carbons (Fsp3) is 0.889. The number of hydrogen-bond acceptors (Lipinski definition) is 2. The molecule has 1 aliphatic rings. The Balaban J connectivity index is 2.98. The van der Waals surface area contributed by atoms with E-state index < -0.39 is 17.3 Å². The number of carboxylic acid groups (broad SMARTS) is 1. The summed E-state index contributed by atoms with van der Waals surface area (Å²) in [5.74, 6) is -4.26. The maximum atomic E-state index is 13.6. The Labute approximate surface area is 86.1 Å². The quantitative estimate of drug-likeness (QED) is 0.800. The first-order valence-electron chi connectivity index (χ1n) is 4.65. The van der Waals surface area contributed by atoms with Gasteiger partial charge < -0.3 is 5.11 Å². The van der Waals surface area contributed by atoms with Crippen LogP contribution in [-0.4, -0.2) is 28.5 Å². The van der Waals surface area contributed by atoms with Crippen molar-refractivity contribution >= 4 is 17.7 Å². The number of halogens is 2. The van der Waals surface area contributed by atoms with E-state index >= 15 is 0 Å². The van der Waals surface area contributed by atoms with Gasteiger partial charge in [0.2, 0.25) is 0 Å². The van der Waals surface area contributed by atoms with Crippen LogP contribution in [0.4, 0.5) is 8.78 Å². The van der Waals surface area contributed by atoms with Gasteiger partial charge in [-0.05, 0) is 18.6 Å². The van der Waals surface area contributed by atoms with Gasteiger partial charge in [0.15, 0.2) is 0 Å². The van der Waals surface area contributed by atoms with E-state index in [1.807, 2.05) is 0 Å². The SMILES string of the molecule is CCCC1(C(=O)O)CCSCC1(F)F. The van der Waals surface area contributed by atoms with Crippen molar-refractivity contribution in [3.63, 3.8) is 0 Å². The van der Waals surface area contributed by atoms with Crippen LogP contribution in [0.2, 0.25) is 0 Å². The first-order valence-corrected chi connectivity index (χ1v) is 5.81. The van der Waals surface area contributed by atoms with Crippen molar-refractivity contribution < 1.29 is 18.7 Å². The minimum Gasteiger partial charge on any atom is -0.481 e. The molecule has 0 aromatic heterocycles. The molecule has 0 spiro atoms. The Hall–Kier alpha value is -0.320. The van der Waals surface area contributed by atoms with Crippen LogP contribution < -0.4 is 0 Å². The van der Waals surface area contributed by atoms with E-state index in [2.05, 4.69) is 0 Å². The molecule has 1 atom stereocenters. The van der Waals surface area contributed by atoms with Crippen molar-refractivity contribution in [2.24, 2.45) is 5.41 Å². The van der Waals surface area contributed by atoms with E-state index in [1.165, 1.54) is 0 Å². The van der Waals surface area contributed by atoms with Crippen molar-refractivity contribution in [1.29, 1.82) is 0 Å². The molecule has 0 saturated carbocycles. The van der Waals surface area contributed by atoms with Gasteiger partial charge in [-0.2, -0.15) is 11.8 Å². The number of thioether (sulfide) groups is 1. The van der Waals surface area contributed by atoms with Gasteiger partial charge in [-0.15, -0.1) is 0 Å². The van der Waals surface area contributed by atoms with Gasteiger partial charge >= 0.3 is 5.97 Å². The van der Waals surface area contributed by atoms with Crippen molar-refractivity contribution in [3.05, 3.63) is 0 Å². The lowest BCUT2D eigenvalue weighted by Gasteiger charge is -2.39. The van der Waals surface area contributed by atoms with Crippen LogP contribution in [0.1, 0.15) is 26.2 Å². The van der Waals surface area contributed by atoms with Gasteiger partial charge in [0.25, 0.3) is 5.92 Å². The fourth-order valence-corrected chi connectivity index (χ4v) is 3.04. The standard InChI is InChI=1S/C9H14F2O2S/c1-2-3-8(7(12)13)4-5-14-6-9(8,10)11/h2-6H2,1H3,(H,12,13). The molecule has 0 aromatic rings. The average Bonchev–Trinajstić information content (AvgIpc) is 2.08. The van der Waals surface area contributed by atoms with E-state index in [0.29, 0.717) is 12.2 Å². The largest absolute Gasteiger partial charge is 0.481 e. The summed E-state index contributed by atoms with van der Waals surface area (Å²) in [5.41, 5.74) is -1.81. The Morgan fingerprint density at radius 2 is 2.21 bits per heavy atom. The molecular formula is C9H14F2O2S. The van der Waals surface area contributed by atoms with Crippen molar-refractivity contribution in [1.82, 2.24) is 0 Å². The van der Waals surface area contributed by atoms with E-state index in [4.69, 9.17) is 5.11 Å². The highest BCUT2D eigenvalue weighted by atomic mass is 32.2. The molecule has 1 fully saturated rings. The van der Waals surface area contributed by atoms with Crippen molar-refractivity contribution in [2.45, 2.75) is 32.1 Å². The third-order valence-electron chi connectivity index (χ3n) is 2.74. The lowest BCUT2D eigenvalue weighted by molar-refractivity contribution is -0.177. The molecule has 1 aliphatic heterocycles. The van der Waals surface area contributed by atoms with Gasteiger partial charge in [-0.3, -0.25) is 4.79 Å². The first kappa shape index (κ1) is 11.8. The van der Waals surface area contributed by atoms with E-state index in [1.54, 1.807) is 6.92 Å². The molecule has 0 radical (unpaired) electrons. The number of hydrogen-bond donors (Lipinski definition) is 1. The molecule has 1 N–H and O–H groups in total. The smallest absolute Gasteiger partial charge is 0.315 e. The van der Waals surface area contributed by atoms with Gasteiger partial charge in [0.1, 0.15) is 5.41 Å². The third-order valence-corrected chi connectivity index (χ3v) is 3.80. The Kier molecular flexibility index (Phi) is 3.40. The maximum absolute atomic E-state index is 13.6. The zero-order chi connectivity index (χ0) is 10.8. The molecule has 82 valence electrons. The number of aliphatic carboxylic acids is 1. The Bertz CT molecular complexity index is 229. The Morgan fingerprint density at radius 1 is 1.57 bits per heavy atom. The maximum Gasteiger partial charge on any atom is 0.315 e. The molecule has 1 rings (SSSR count). The predicted octanol–water partition coefficient (Wildman–Crippen LogP) is 2.63. The summed E-state index contributed by atoms with van der Waals surface area (Å²) < 4.78 is 27.1. The first-order chi connectivity index (χ1) is 6.46. The van der Waals surface area contributed by atoms with Crippen molar-refractivity contribution in [2.75, 3.05) is 11.5 Å². The molecule has 0 aromatic carbocycles. The molecule has 0 bridgehead atoms. The van der Waals surface area contributed by atoms with Crippen LogP contribution in [0.5, 0.6) is 0 Å². The summed E-state index contributed by atoms with van der Waals surface area (Å²) in [6.45, 7) is 1.74. The second-order valence-electron chi connectivity index (χ2n) is 3.64. The van der Waals surface area contributed by atoms with E-state index in [-0.39, 0.29) is 18.6 Å². The summed E-state index contributed by atoms with van der Waals surface area (Å²) >= 11 is 1.13. The summed E-state index contributed by atoms with van der Waals surface area (Å²) in [5, 5.41) is 8.97.